The van der Waals surface area contributed by atoms with Crippen LogP contribution in [0, 0.1) is 0 Å². The number of fused-ring (bicyclic) bond motifs is 1. The molecule has 0 saturated carbocycles. The summed E-state index contributed by atoms with van der Waals surface area (Å²) in [5.74, 6) is 1.87. The molecule has 4 rings (SSSR count). The SMILES string of the molecule is COc1cccc(NC2CCN(c3nc4ccccc4[nH]3)CC2)c1. The van der Waals surface area contributed by atoms with Crippen LogP contribution in [-0.2, 0) is 0 Å². The van der Waals surface area contributed by atoms with Crippen molar-refractivity contribution in [1.29, 1.82) is 0 Å². The highest BCUT2D eigenvalue weighted by atomic mass is 16.5. The lowest BCUT2D eigenvalue weighted by Gasteiger charge is -2.32. The van der Waals surface area contributed by atoms with Gasteiger partial charge >= 0.3 is 0 Å². The first-order chi connectivity index (χ1) is 11.8. The second-order valence-corrected chi connectivity index (χ2v) is 6.22. The third-order valence-corrected chi connectivity index (χ3v) is 4.61. The minimum atomic E-state index is 0.484. The van der Waals surface area contributed by atoms with Crippen molar-refractivity contribution < 1.29 is 4.74 Å². The van der Waals surface area contributed by atoms with Gasteiger partial charge in [-0.2, -0.15) is 0 Å². The maximum atomic E-state index is 5.29. The Morgan fingerprint density at radius 2 is 1.96 bits per heavy atom. The van der Waals surface area contributed by atoms with E-state index in [0.29, 0.717) is 6.04 Å². The normalized spacial score (nSPS) is 15.6. The number of anilines is 2. The Kier molecular flexibility index (Phi) is 3.99. The van der Waals surface area contributed by atoms with Crippen LogP contribution in [0.5, 0.6) is 5.75 Å². The number of nitrogens with one attached hydrogen (secondary N) is 2. The number of aromatic nitrogens is 2. The van der Waals surface area contributed by atoms with Gasteiger partial charge in [0.25, 0.3) is 0 Å². The molecule has 0 aliphatic carbocycles. The molecule has 1 aliphatic heterocycles. The number of benzene rings is 2. The summed E-state index contributed by atoms with van der Waals surface area (Å²) < 4.78 is 5.29. The molecule has 24 heavy (non-hydrogen) atoms. The number of ether oxygens (including phenoxy) is 1. The van der Waals surface area contributed by atoms with E-state index in [2.05, 4.69) is 27.3 Å². The molecule has 0 spiro atoms. The highest BCUT2D eigenvalue weighted by Crippen LogP contribution is 2.24. The quantitative estimate of drug-likeness (QED) is 0.770. The topological polar surface area (TPSA) is 53.2 Å². The zero-order valence-corrected chi connectivity index (χ0v) is 13.8. The van der Waals surface area contributed by atoms with Gasteiger partial charge in [-0.25, -0.2) is 4.98 Å². The number of methoxy groups -OCH3 is 1. The number of imidazole rings is 1. The van der Waals surface area contributed by atoms with Gasteiger partial charge in [0.15, 0.2) is 0 Å². The zero-order chi connectivity index (χ0) is 16.4. The number of aromatic amines is 1. The Bertz CT molecular complexity index is 788. The minimum absolute atomic E-state index is 0.484. The summed E-state index contributed by atoms with van der Waals surface area (Å²) in [4.78, 5) is 10.5. The van der Waals surface area contributed by atoms with Gasteiger partial charge in [0, 0.05) is 30.9 Å². The number of piperidine rings is 1. The van der Waals surface area contributed by atoms with Crippen molar-refractivity contribution in [3.05, 3.63) is 48.5 Å². The van der Waals surface area contributed by atoms with E-state index in [1.165, 1.54) is 0 Å². The summed E-state index contributed by atoms with van der Waals surface area (Å²) in [6.45, 7) is 2.00. The molecular weight excluding hydrogens is 300 g/mol. The van der Waals surface area contributed by atoms with Crippen LogP contribution in [0.3, 0.4) is 0 Å². The van der Waals surface area contributed by atoms with E-state index in [-0.39, 0.29) is 0 Å². The molecule has 1 saturated heterocycles. The predicted octanol–water partition coefficient (Wildman–Crippen LogP) is 3.65. The average Bonchev–Trinajstić information content (AvgIpc) is 3.06. The Morgan fingerprint density at radius 1 is 1.12 bits per heavy atom. The van der Waals surface area contributed by atoms with Crippen molar-refractivity contribution in [2.75, 3.05) is 30.4 Å². The molecule has 3 aromatic rings. The van der Waals surface area contributed by atoms with Crippen LogP contribution in [0.1, 0.15) is 12.8 Å². The van der Waals surface area contributed by atoms with Crippen LogP contribution in [0.25, 0.3) is 11.0 Å². The predicted molar refractivity (Wildman–Crippen MR) is 97.9 cm³/mol. The fraction of sp³-hybridized carbons (Fsp3) is 0.316. The monoisotopic (exact) mass is 322 g/mol. The summed E-state index contributed by atoms with van der Waals surface area (Å²) in [7, 11) is 1.70. The Labute approximate surface area is 141 Å². The van der Waals surface area contributed by atoms with Gasteiger partial charge in [0.2, 0.25) is 5.95 Å². The summed E-state index contributed by atoms with van der Waals surface area (Å²) in [5, 5.41) is 3.62. The standard InChI is InChI=1S/C19H22N4O/c1-24-16-6-4-5-15(13-16)20-14-9-11-23(12-10-14)19-21-17-7-2-3-8-18(17)22-19/h2-8,13-14,20H,9-12H2,1H3,(H,21,22). The Morgan fingerprint density at radius 3 is 2.75 bits per heavy atom. The molecule has 124 valence electrons. The van der Waals surface area contributed by atoms with Crippen LogP contribution in [0.15, 0.2) is 48.5 Å². The third-order valence-electron chi connectivity index (χ3n) is 4.61. The molecule has 0 atom stereocenters. The van der Waals surface area contributed by atoms with Crippen molar-refractivity contribution in [2.45, 2.75) is 18.9 Å². The molecule has 5 nitrogen and oxygen atoms in total. The molecule has 1 aliphatic rings. The number of hydrogen-bond acceptors (Lipinski definition) is 4. The number of para-hydroxylation sites is 2. The van der Waals surface area contributed by atoms with E-state index < -0.39 is 0 Å². The lowest BCUT2D eigenvalue weighted by atomic mass is 10.0. The van der Waals surface area contributed by atoms with E-state index in [9.17, 15) is 0 Å². The van der Waals surface area contributed by atoms with Crippen LogP contribution in [0.4, 0.5) is 11.6 Å². The second-order valence-electron chi connectivity index (χ2n) is 6.22. The van der Waals surface area contributed by atoms with Crippen LogP contribution in [-0.4, -0.2) is 36.2 Å². The van der Waals surface area contributed by atoms with E-state index >= 15 is 0 Å². The summed E-state index contributed by atoms with van der Waals surface area (Å²) in [5.41, 5.74) is 3.25. The smallest absolute Gasteiger partial charge is 0.203 e. The molecule has 0 radical (unpaired) electrons. The maximum Gasteiger partial charge on any atom is 0.203 e. The van der Waals surface area contributed by atoms with Crippen LogP contribution < -0.4 is 15.0 Å². The first kappa shape index (κ1) is 14.9. The molecule has 1 fully saturated rings. The zero-order valence-electron chi connectivity index (χ0n) is 13.8. The molecule has 2 heterocycles. The largest absolute Gasteiger partial charge is 0.497 e. The highest BCUT2D eigenvalue weighted by Gasteiger charge is 2.21. The molecule has 5 heteroatoms. The van der Waals surface area contributed by atoms with Gasteiger partial charge in [-0.3, -0.25) is 0 Å². The van der Waals surface area contributed by atoms with Crippen molar-refractivity contribution in [3.8, 4) is 5.75 Å². The first-order valence-corrected chi connectivity index (χ1v) is 8.42. The van der Waals surface area contributed by atoms with E-state index in [4.69, 9.17) is 9.72 Å². The molecule has 0 bridgehead atoms. The van der Waals surface area contributed by atoms with E-state index in [0.717, 1.165) is 54.3 Å². The van der Waals surface area contributed by atoms with Gasteiger partial charge in [-0.1, -0.05) is 18.2 Å². The first-order valence-electron chi connectivity index (χ1n) is 8.42. The van der Waals surface area contributed by atoms with Gasteiger partial charge < -0.3 is 19.9 Å². The van der Waals surface area contributed by atoms with Crippen molar-refractivity contribution in [3.63, 3.8) is 0 Å². The van der Waals surface area contributed by atoms with Gasteiger partial charge in [-0.05, 0) is 37.1 Å². The highest BCUT2D eigenvalue weighted by molar-refractivity contribution is 5.77. The minimum Gasteiger partial charge on any atom is -0.497 e. The summed E-state index contributed by atoms with van der Waals surface area (Å²) >= 11 is 0. The summed E-state index contributed by atoms with van der Waals surface area (Å²) in [6.07, 6.45) is 2.18. The Hall–Kier alpha value is -2.69. The van der Waals surface area contributed by atoms with Crippen LogP contribution >= 0.6 is 0 Å². The molecule has 1 aromatic heterocycles. The molecule has 0 amide bonds. The molecular formula is C19H22N4O. The van der Waals surface area contributed by atoms with Gasteiger partial charge in [0.1, 0.15) is 5.75 Å². The van der Waals surface area contributed by atoms with E-state index in [1.54, 1.807) is 7.11 Å². The van der Waals surface area contributed by atoms with Gasteiger partial charge in [0.05, 0.1) is 18.1 Å². The number of H-pyrrole nitrogens is 1. The number of hydrogen-bond donors (Lipinski definition) is 2. The van der Waals surface area contributed by atoms with E-state index in [1.807, 2.05) is 36.4 Å². The fourth-order valence-electron chi connectivity index (χ4n) is 3.27. The fourth-order valence-corrected chi connectivity index (χ4v) is 3.27. The molecule has 2 N–H and O–H groups in total. The number of rotatable bonds is 4. The summed E-state index contributed by atoms with van der Waals surface area (Å²) in [6, 6.07) is 16.8. The lowest BCUT2D eigenvalue weighted by Crippen LogP contribution is -2.39. The van der Waals surface area contributed by atoms with Crippen molar-refractivity contribution >= 4 is 22.7 Å². The van der Waals surface area contributed by atoms with Crippen molar-refractivity contribution in [2.24, 2.45) is 0 Å². The maximum absolute atomic E-state index is 5.29. The third kappa shape index (κ3) is 3.02. The van der Waals surface area contributed by atoms with Crippen LogP contribution in [0.2, 0.25) is 0 Å². The average molecular weight is 322 g/mol. The van der Waals surface area contributed by atoms with Gasteiger partial charge in [-0.15, -0.1) is 0 Å². The molecule has 2 aromatic carbocycles. The molecule has 0 unspecified atom stereocenters. The lowest BCUT2D eigenvalue weighted by molar-refractivity contribution is 0.415. The Balaban J connectivity index is 1.39. The van der Waals surface area contributed by atoms with Crippen molar-refractivity contribution in [1.82, 2.24) is 9.97 Å². The number of nitrogens with zero attached hydrogens (tertiary/aromatic N) is 2. The second kappa shape index (κ2) is 6.43.